The molecule has 4 rings (SSSR count). The lowest BCUT2D eigenvalue weighted by atomic mass is 9.97. The van der Waals surface area contributed by atoms with Crippen molar-refractivity contribution in [3.8, 4) is 11.1 Å². The standard InChI is InChI=1S/C23H20ClFN2O3S/c1-31(29,30)27-20-6-4-15(5-7-20)2-3-16-10-17(12-18(11-16)23(24)8-9-23)21-13-19(25)14-26-22(21)28/h2-7,10-14,27H,8-9H2,1H3,(H,26,28). The van der Waals surface area contributed by atoms with Crippen molar-refractivity contribution in [3.63, 3.8) is 0 Å². The summed E-state index contributed by atoms with van der Waals surface area (Å²) in [5.74, 6) is -0.521. The number of alkyl halides is 1. The van der Waals surface area contributed by atoms with Crippen LogP contribution in [0.5, 0.6) is 0 Å². The molecule has 1 saturated carbocycles. The summed E-state index contributed by atoms with van der Waals surface area (Å²) >= 11 is 6.62. The fraction of sp³-hybridized carbons (Fsp3) is 0.174. The summed E-state index contributed by atoms with van der Waals surface area (Å²) < 4.78 is 38.8. The van der Waals surface area contributed by atoms with Gasteiger partial charge in [0.05, 0.1) is 11.1 Å². The smallest absolute Gasteiger partial charge is 0.256 e. The van der Waals surface area contributed by atoms with E-state index in [-0.39, 0.29) is 11.1 Å². The minimum Gasteiger partial charge on any atom is -0.326 e. The van der Waals surface area contributed by atoms with Crippen molar-refractivity contribution in [1.82, 2.24) is 4.98 Å². The van der Waals surface area contributed by atoms with E-state index in [9.17, 15) is 17.6 Å². The van der Waals surface area contributed by atoms with Gasteiger partial charge in [-0.25, -0.2) is 12.8 Å². The molecule has 0 unspecified atom stereocenters. The average molecular weight is 459 g/mol. The van der Waals surface area contributed by atoms with E-state index >= 15 is 0 Å². The number of anilines is 1. The maximum atomic E-state index is 13.7. The van der Waals surface area contributed by atoms with Gasteiger partial charge in [0.2, 0.25) is 10.0 Å². The normalized spacial score (nSPS) is 15.2. The van der Waals surface area contributed by atoms with Gasteiger partial charge in [-0.15, -0.1) is 11.6 Å². The molecule has 0 saturated heterocycles. The zero-order chi connectivity index (χ0) is 22.2. The molecule has 0 amide bonds. The Morgan fingerprint density at radius 3 is 2.39 bits per heavy atom. The van der Waals surface area contributed by atoms with E-state index in [2.05, 4.69) is 9.71 Å². The molecule has 3 aromatic rings. The second-order valence-corrected chi connectivity index (χ2v) is 10.2. The zero-order valence-electron chi connectivity index (χ0n) is 16.7. The Morgan fingerprint density at radius 2 is 1.74 bits per heavy atom. The summed E-state index contributed by atoms with van der Waals surface area (Å²) in [6.45, 7) is 0. The molecule has 1 heterocycles. The van der Waals surface area contributed by atoms with Crippen LogP contribution in [-0.2, 0) is 14.9 Å². The van der Waals surface area contributed by atoms with E-state index in [4.69, 9.17) is 11.6 Å². The summed E-state index contributed by atoms with van der Waals surface area (Å²) in [7, 11) is -3.33. The van der Waals surface area contributed by atoms with Crippen LogP contribution in [0.2, 0.25) is 0 Å². The Morgan fingerprint density at radius 1 is 1.06 bits per heavy atom. The molecule has 0 bridgehead atoms. The largest absolute Gasteiger partial charge is 0.326 e. The van der Waals surface area contributed by atoms with Gasteiger partial charge in [0, 0.05) is 17.4 Å². The molecule has 0 spiro atoms. The molecule has 1 aliphatic carbocycles. The third-order valence-electron chi connectivity index (χ3n) is 5.02. The summed E-state index contributed by atoms with van der Waals surface area (Å²) in [5.41, 5.74) is 3.52. The van der Waals surface area contributed by atoms with Crippen LogP contribution in [-0.4, -0.2) is 19.7 Å². The maximum Gasteiger partial charge on any atom is 0.256 e. The van der Waals surface area contributed by atoms with Crippen molar-refractivity contribution < 1.29 is 12.8 Å². The van der Waals surface area contributed by atoms with Crippen LogP contribution in [0.1, 0.15) is 29.5 Å². The highest BCUT2D eigenvalue weighted by atomic mass is 35.5. The predicted molar refractivity (Wildman–Crippen MR) is 123 cm³/mol. The van der Waals surface area contributed by atoms with Crippen molar-refractivity contribution in [3.05, 3.63) is 87.6 Å². The van der Waals surface area contributed by atoms with Crippen molar-refractivity contribution in [2.75, 3.05) is 11.0 Å². The lowest BCUT2D eigenvalue weighted by molar-refractivity contribution is 0.607. The van der Waals surface area contributed by atoms with Gasteiger partial charge in [-0.1, -0.05) is 24.3 Å². The second kappa shape index (κ2) is 7.98. The van der Waals surface area contributed by atoms with E-state index < -0.39 is 20.7 Å². The maximum absolute atomic E-state index is 13.7. The van der Waals surface area contributed by atoms with E-state index in [0.29, 0.717) is 11.3 Å². The molecule has 8 heteroatoms. The molecule has 2 N–H and O–H groups in total. The summed E-state index contributed by atoms with van der Waals surface area (Å²) in [6.07, 6.45) is 7.56. The summed E-state index contributed by atoms with van der Waals surface area (Å²) in [4.78, 5) is 14.2. The Hall–Kier alpha value is -2.90. The van der Waals surface area contributed by atoms with Gasteiger partial charge in [0.25, 0.3) is 5.56 Å². The van der Waals surface area contributed by atoms with Gasteiger partial charge in [-0.2, -0.15) is 0 Å². The number of H-pyrrole nitrogens is 1. The highest BCUT2D eigenvalue weighted by Gasteiger charge is 2.42. The van der Waals surface area contributed by atoms with Crippen LogP contribution < -0.4 is 10.3 Å². The van der Waals surface area contributed by atoms with Gasteiger partial charge in [-0.3, -0.25) is 9.52 Å². The van der Waals surface area contributed by atoms with Crippen LogP contribution in [0.15, 0.2) is 59.5 Å². The number of benzene rings is 2. The van der Waals surface area contributed by atoms with E-state index in [1.54, 1.807) is 24.3 Å². The number of pyridine rings is 1. The van der Waals surface area contributed by atoms with Crippen LogP contribution in [0, 0.1) is 5.82 Å². The first-order valence-electron chi connectivity index (χ1n) is 9.60. The topological polar surface area (TPSA) is 79.0 Å². The number of nitrogens with one attached hydrogen (secondary N) is 2. The molecular weight excluding hydrogens is 439 g/mol. The average Bonchev–Trinajstić information content (AvgIpc) is 3.47. The second-order valence-electron chi connectivity index (χ2n) is 7.70. The SMILES string of the molecule is CS(=O)(=O)Nc1ccc(C=Cc2cc(-c3cc(F)c[nH]c3=O)cc(C3(Cl)CC3)c2)cc1. The molecule has 31 heavy (non-hydrogen) atoms. The lowest BCUT2D eigenvalue weighted by Gasteiger charge is -2.11. The number of rotatable bonds is 6. The molecule has 0 aliphatic heterocycles. The first kappa shape index (κ1) is 21.3. The van der Waals surface area contributed by atoms with Crippen LogP contribution in [0.3, 0.4) is 0 Å². The zero-order valence-corrected chi connectivity index (χ0v) is 18.2. The first-order chi connectivity index (χ1) is 14.6. The monoisotopic (exact) mass is 458 g/mol. The Kier molecular flexibility index (Phi) is 5.49. The highest BCUT2D eigenvalue weighted by molar-refractivity contribution is 7.92. The highest BCUT2D eigenvalue weighted by Crippen LogP contribution is 2.52. The van der Waals surface area contributed by atoms with Crippen LogP contribution in [0.4, 0.5) is 10.1 Å². The molecule has 160 valence electrons. The fourth-order valence-electron chi connectivity index (χ4n) is 3.30. The van der Waals surface area contributed by atoms with Crippen LogP contribution in [0.25, 0.3) is 23.3 Å². The third-order valence-corrected chi connectivity index (χ3v) is 6.23. The Bertz CT molecular complexity index is 1330. The molecule has 0 atom stereocenters. The predicted octanol–water partition coefficient (Wildman–Crippen LogP) is 4.95. The molecule has 1 aromatic heterocycles. The summed E-state index contributed by atoms with van der Waals surface area (Å²) in [6, 6.07) is 13.8. The molecule has 5 nitrogen and oxygen atoms in total. The number of hydrogen-bond donors (Lipinski definition) is 2. The van der Waals surface area contributed by atoms with Crippen molar-refractivity contribution >= 4 is 39.5 Å². The minimum absolute atomic E-state index is 0.244. The van der Waals surface area contributed by atoms with Gasteiger partial charge in [0.1, 0.15) is 5.82 Å². The van der Waals surface area contributed by atoms with E-state index in [1.165, 1.54) is 6.07 Å². The molecule has 1 aliphatic rings. The first-order valence-corrected chi connectivity index (χ1v) is 11.9. The number of halogens is 2. The van der Waals surface area contributed by atoms with E-state index in [0.717, 1.165) is 42.0 Å². The van der Waals surface area contributed by atoms with Gasteiger partial charge >= 0.3 is 0 Å². The molecule has 1 fully saturated rings. The fourth-order valence-corrected chi connectivity index (χ4v) is 4.07. The van der Waals surface area contributed by atoms with Crippen molar-refractivity contribution in [1.29, 1.82) is 0 Å². The Labute approximate surface area is 184 Å². The number of aromatic nitrogens is 1. The summed E-state index contributed by atoms with van der Waals surface area (Å²) in [5, 5.41) is 0. The van der Waals surface area contributed by atoms with Gasteiger partial charge < -0.3 is 4.98 Å². The quantitative estimate of drug-likeness (QED) is 0.405. The molecule has 2 aromatic carbocycles. The van der Waals surface area contributed by atoms with E-state index in [1.807, 2.05) is 30.4 Å². The number of sulfonamides is 1. The van der Waals surface area contributed by atoms with Crippen LogP contribution >= 0.6 is 11.6 Å². The molecule has 0 radical (unpaired) electrons. The van der Waals surface area contributed by atoms with Gasteiger partial charge in [0.15, 0.2) is 0 Å². The molecular formula is C23H20ClFN2O3S. The Balaban J connectivity index is 1.68. The third kappa shape index (κ3) is 5.24. The minimum atomic E-state index is -3.33. The number of hydrogen-bond acceptors (Lipinski definition) is 3. The number of aromatic amines is 1. The van der Waals surface area contributed by atoms with Crippen molar-refractivity contribution in [2.24, 2.45) is 0 Å². The van der Waals surface area contributed by atoms with Crippen molar-refractivity contribution in [2.45, 2.75) is 17.7 Å². The lowest BCUT2D eigenvalue weighted by Crippen LogP contribution is -2.09. The van der Waals surface area contributed by atoms with Gasteiger partial charge in [-0.05, 0) is 71.5 Å².